The van der Waals surface area contributed by atoms with Crippen molar-refractivity contribution < 1.29 is 4.74 Å². The molecule has 0 fully saturated rings. The predicted octanol–water partition coefficient (Wildman–Crippen LogP) is 2.78. The third kappa shape index (κ3) is 1.48. The van der Waals surface area contributed by atoms with Gasteiger partial charge in [0.15, 0.2) is 0 Å². The Labute approximate surface area is 97.2 Å². The molecule has 2 heterocycles. The minimum Gasteiger partial charge on any atom is -0.494 e. The Morgan fingerprint density at radius 1 is 1.19 bits per heavy atom. The summed E-state index contributed by atoms with van der Waals surface area (Å²) in [6.45, 7) is 5.30. The third-order valence-electron chi connectivity index (χ3n) is 3.67. The van der Waals surface area contributed by atoms with E-state index in [9.17, 15) is 0 Å². The van der Waals surface area contributed by atoms with Gasteiger partial charge < -0.3 is 9.64 Å². The fraction of sp³-hybridized carbons (Fsp3) is 0.571. The smallest absolute Gasteiger partial charge is 0.124 e. The van der Waals surface area contributed by atoms with E-state index in [1.165, 1.54) is 55.6 Å². The first-order chi connectivity index (χ1) is 7.90. The highest BCUT2D eigenvalue weighted by Gasteiger charge is 2.25. The number of benzene rings is 1. The lowest BCUT2D eigenvalue weighted by Crippen LogP contribution is -2.34. The van der Waals surface area contributed by atoms with Crippen LogP contribution in [0.5, 0.6) is 5.75 Å². The van der Waals surface area contributed by atoms with Crippen molar-refractivity contribution in [3.63, 3.8) is 0 Å². The van der Waals surface area contributed by atoms with E-state index in [0.717, 1.165) is 12.4 Å². The van der Waals surface area contributed by atoms with Gasteiger partial charge in [0.25, 0.3) is 0 Å². The van der Waals surface area contributed by atoms with Crippen molar-refractivity contribution in [2.45, 2.75) is 32.6 Å². The molecule has 0 saturated carbocycles. The van der Waals surface area contributed by atoms with Gasteiger partial charge in [0.2, 0.25) is 0 Å². The lowest BCUT2D eigenvalue weighted by molar-refractivity contribution is 0.335. The summed E-state index contributed by atoms with van der Waals surface area (Å²) in [7, 11) is 0. The van der Waals surface area contributed by atoms with E-state index in [2.05, 4.69) is 24.0 Å². The second-order valence-corrected chi connectivity index (χ2v) is 4.68. The highest BCUT2D eigenvalue weighted by molar-refractivity contribution is 5.67. The molecule has 0 radical (unpaired) electrons. The van der Waals surface area contributed by atoms with Crippen LogP contribution in [0.4, 0.5) is 5.69 Å². The van der Waals surface area contributed by atoms with Gasteiger partial charge in [0.1, 0.15) is 5.75 Å². The summed E-state index contributed by atoms with van der Waals surface area (Å²) in [6.07, 6.45) is 5.01. The van der Waals surface area contributed by atoms with E-state index in [1.807, 2.05) is 0 Å². The number of ether oxygens (including phenoxy) is 1. The topological polar surface area (TPSA) is 12.5 Å². The molecule has 2 aliphatic rings. The molecule has 0 aliphatic carbocycles. The maximum atomic E-state index is 5.75. The van der Waals surface area contributed by atoms with E-state index in [-0.39, 0.29) is 0 Å². The summed E-state index contributed by atoms with van der Waals surface area (Å²) in [6, 6.07) is 4.44. The van der Waals surface area contributed by atoms with E-state index in [1.54, 1.807) is 0 Å². The average molecular weight is 217 g/mol. The molecule has 0 N–H and O–H groups in total. The molecule has 0 amide bonds. The molecule has 0 spiro atoms. The van der Waals surface area contributed by atoms with E-state index in [4.69, 9.17) is 4.74 Å². The molecule has 0 unspecified atom stereocenters. The zero-order valence-corrected chi connectivity index (χ0v) is 9.96. The number of aryl methyl sites for hydroxylation is 1. The van der Waals surface area contributed by atoms with Crippen LogP contribution in [-0.2, 0) is 12.8 Å². The van der Waals surface area contributed by atoms with Crippen molar-refractivity contribution in [3.8, 4) is 5.75 Å². The van der Waals surface area contributed by atoms with Crippen LogP contribution in [0.2, 0.25) is 0 Å². The molecule has 16 heavy (non-hydrogen) atoms. The van der Waals surface area contributed by atoms with Crippen LogP contribution in [0.3, 0.4) is 0 Å². The maximum absolute atomic E-state index is 5.75. The molecule has 3 rings (SSSR count). The predicted molar refractivity (Wildman–Crippen MR) is 66.5 cm³/mol. The molecule has 86 valence electrons. The first-order valence-corrected chi connectivity index (χ1v) is 6.42. The summed E-state index contributed by atoms with van der Waals surface area (Å²) < 4.78 is 5.75. The van der Waals surface area contributed by atoms with Gasteiger partial charge in [-0.3, -0.25) is 0 Å². The Kier molecular flexibility index (Phi) is 2.50. The number of rotatable bonds is 2. The van der Waals surface area contributed by atoms with Crippen LogP contribution >= 0.6 is 0 Å². The van der Waals surface area contributed by atoms with Crippen LogP contribution in [0.15, 0.2) is 12.1 Å². The van der Waals surface area contributed by atoms with Gasteiger partial charge >= 0.3 is 0 Å². The highest BCUT2D eigenvalue weighted by Crippen LogP contribution is 2.40. The molecule has 0 bridgehead atoms. The van der Waals surface area contributed by atoms with Crippen LogP contribution < -0.4 is 9.64 Å². The van der Waals surface area contributed by atoms with Crippen LogP contribution in [0.1, 0.15) is 30.9 Å². The molecule has 2 heteroatoms. The first kappa shape index (κ1) is 10.0. The van der Waals surface area contributed by atoms with E-state index >= 15 is 0 Å². The largest absolute Gasteiger partial charge is 0.494 e. The summed E-state index contributed by atoms with van der Waals surface area (Å²) in [5.41, 5.74) is 4.50. The Morgan fingerprint density at radius 3 is 2.81 bits per heavy atom. The van der Waals surface area contributed by atoms with Gasteiger partial charge in [-0.1, -0.05) is 6.07 Å². The minimum atomic E-state index is 0.770. The van der Waals surface area contributed by atoms with Gasteiger partial charge in [-0.15, -0.1) is 0 Å². The van der Waals surface area contributed by atoms with Gasteiger partial charge in [-0.2, -0.15) is 0 Å². The fourth-order valence-electron chi connectivity index (χ4n) is 3.04. The molecular formula is C14H19NO. The first-order valence-electron chi connectivity index (χ1n) is 6.42. The van der Waals surface area contributed by atoms with Crippen LogP contribution in [0.25, 0.3) is 0 Å². The molecule has 2 nitrogen and oxygen atoms in total. The van der Waals surface area contributed by atoms with Crippen molar-refractivity contribution in [1.29, 1.82) is 0 Å². The van der Waals surface area contributed by atoms with E-state index < -0.39 is 0 Å². The molecule has 1 aromatic carbocycles. The zero-order chi connectivity index (χ0) is 11.0. The Hall–Kier alpha value is -1.18. The Balaban J connectivity index is 2.10. The number of nitrogens with zero attached hydrogens (tertiary/aromatic N) is 1. The van der Waals surface area contributed by atoms with E-state index in [0.29, 0.717) is 0 Å². The van der Waals surface area contributed by atoms with Crippen LogP contribution in [-0.4, -0.2) is 19.7 Å². The molecular weight excluding hydrogens is 198 g/mol. The minimum absolute atomic E-state index is 0.770. The zero-order valence-electron chi connectivity index (χ0n) is 9.96. The maximum Gasteiger partial charge on any atom is 0.124 e. The number of hydrogen-bond acceptors (Lipinski definition) is 2. The SMILES string of the molecule is CCOc1ccc2c3c1CCCN3CCC2. The number of hydrogen-bond donors (Lipinski definition) is 0. The summed E-state index contributed by atoms with van der Waals surface area (Å²) >= 11 is 0. The lowest BCUT2D eigenvalue weighted by atomic mass is 9.91. The summed E-state index contributed by atoms with van der Waals surface area (Å²) in [5, 5.41) is 0. The van der Waals surface area contributed by atoms with Gasteiger partial charge in [-0.05, 0) is 44.2 Å². The second-order valence-electron chi connectivity index (χ2n) is 4.68. The van der Waals surface area contributed by atoms with Gasteiger partial charge in [0, 0.05) is 24.3 Å². The van der Waals surface area contributed by atoms with Crippen molar-refractivity contribution in [2.24, 2.45) is 0 Å². The average Bonchev–Trinajstić information content (AvgIpc) is 2.33. The molecule has 0 aromatic heterocycles. The summed E-state index contributed by atoms with van der Waals surface area (Å²) in [5.74, 6) is 1.12. The quantitative estimate of drug-likeness (QED) is 0.755. The fourth-order valence-corrected chi connectivity index (χ4v) is 3.04. The standard InChI is InChI=1S/C14H19NO/c1-2-16-13-8-7-11-5-3-9-15-10-4-6-12(13)14(11)15/h7-8H,2-6,9-10H2,1H3. The normalized spacial score (nSPS) is 18.2. The molecule has 0 saturated heterocycles. The third-order valence-corrected chi connectivity index (χ3v) is 3.67. The Morgan fingerprint density at radius 2 is 2.00 bits per heavy atom. The molecule has 1 aromatic rings. The molecule has 0 atom stereocenters. The van der Waals surface area contributed by atoms with Crippen molar-refractivity contribution in [3.05, 3.63) is 23.3 Å². The van der Waals surface area contributed by atoms with Crippen molar-refractivity contribution >= 4 is 5.69 Å². The highest BCUT2D eigenvalue weighted by atomic mass is 16.5. The second kappa shape index (κ2) is 4.00. The number of anilines is 1. The monoisotopic (exact) mass is 217 g/mol. The van der Waals surface area contributed by atoms with Crippen LogP contribution in [0, 0.1) is 0 Å². The van der Waals surface area contributed by atoms with Crippen molar-refractivity contribution in [2.75, 3.05) is 24.6 Å². The van der Waals surface area contributed by atoms with Crippen molar-refractivity contribution in [1.82, 2.24) is 0 Å². The van der Waals surface area contributed by atoms with Gasteiger partial charge in [-0.25, -0.2) is 0 Å². The van der Waals surface area contributed by atoms with Gasteiger partial charge in [0.05, 0.1) is 6.61 Å². The molecule has 2 aliphatic heterocycles. The summed E-state index contributed by atoms with van der Waals surface area (Å²) in [4.78, 5) is 2.56. The Bertz CT molecular complexity index is 398. The lowest BCUT2D eigenvalue weighted by Gasteiger charge is -2.37.